The highest BCUT2D eigenvalue weighted by atomic mass is 16.4. The lowest BCUT2D eigenvalue weighted by atomic mass is 9.97. The van der Waals surface area contributed by atoms with Gasteiger partial charge in [-0.1, -0.05) is 46.2 Å². The first-order valence-corrected chi connectivity index (χ1v) is 21.6. The Morgan fingerprint density at radius 2 is 1.18 bits per heavy atom. The van der Waals surface area contributed by atoms with Crippen LogP contribution in [0.25, 0.3) is 0 Å². The number of aliphatic carboxylic acids is 1. The zero-order chi connectivity index (χ0) is 51.8. The number of carboxylic acid groups (broad SMARTS) is 1. The van der Waals surface area contributed by atoms with Crippen LogP contribution in [0.5, 0.6) is 5.75 Å². The van der Waals surface area contributed by atoms with Crippen molar-refractivity contribution in [1.29, 1.82) is 0 Å². The van der Waals surface area contributed by atoms with Crippen LogP contribution in [0.1, 0.15) is 65.9 Å². The number of guanidine groups is 1. The molecule has 380 valence electrons. The van der Waals surface area contributed by atoms with Gasteiger partial charge in [0.2, 0.25) is 53.2 Å². The Labute approximate surface area is 392 Å². The summed E-state index contributed by atoms with van der Waals surface area (Å²) in [6, 6.07) is -4.80. The fourth-order valence-electron chi connectivity index (χ4n) is 6.05. The molecular formula is C41H67N13O14. The minimum atomic E-state index is -1.74. The van der Waals surface area contributed by atoms with E-state index in [-0.39, 0.29) is 37.5 Å². The zero-order valence-electron chi connectivity index (χ0n) is 38.6. The number of nitrogens with two attached hydrogens (primary N) is 4. The van der Waals surface area contributed by atoms with E-state index in [1.165, 1.54) is 38.1 Å². The van der Waals surface area contributed by atoms with E-state index in [1.54, 1.807) is 13.8 Å². The third kappa shape index (κ3) is 21.5. The summed E-state index contributed by atoms with van der Waals surface area (Å²) in [5.74, 6) is -11.6. The lowest BCUT2D eigenvalue weighted by Gasteiger charge is -2.28. The number of rotatable bonds is 30. The van der Waals surface area contributed by atoms with Gasteiger partial charge in [-0.05, 0) is 49.3 Å². The first-order chi connectivity index (χ1) is 31.8. The molecule has 68 heavy (non-hydrogen) atoms. The normalized spacial score (nSPS) is 14.9. The highest BCUT2D eigenvalue weighted by Gasteiger charge is 2.35. The van der Waals surface area contributed by atoms with Gasteiger partial charge in [-0.25, -0.2) is 4.79 Å². The number of carbonyl (C=O) groups excluding carboxylic acids is 9. The van der Waals surface area contributed by atoms with Gasteiger partial charge in [0.1, 0.15) is 48.0 Å². The SMILES string of the molecule is CC[C@H](C)[C@H](NC(=O)CNC(=O)[C@@H](N)CO)C(=O)N[C@@H](CC(N)=O)C(=O)N[C@H](C(=O)NCC(=O)N[C@H](C(=O)N[C@@H](Cc1ccc(O)cc1)C(=O)N[C@@H](CCCN=C(N)N)C(=O)O)[C@@H](C)O)C(C)C. The number of carboxylic acids is 1. The maximum absolute atomic E-state index is 13.6. The van der Waals surface area contributed by atoms with Gasteiger partial charge in [-0.3, -0.25) is 48.1 Å². The Bertz CT molecular complexity index is 1950. The number of nitrogens with one attached hydrogen (secondary N) is 8. The fourth-order valence-corrected chi connectivity index (χ4v) is 6.05. The van der Waals surface area contributed by atoms with E-state index in [4.69, 9.17) is 28.0 Å². The molecule has 0 aliphatic carbocycles. The summed E-state index contributed by atoms with van der Waals surface area (Å²) in [6.07, 6.45) is -2.18. The predicted octanol–water partition coefficient (Wildman–Crippen LogP) is -6.51. The Morgan fingerprint density at radius 1 is 0.662 bits per heavy atom. The molecule has 9 atom stereocenters. The van der Waals surface area contributed by atoms with Gasteiger partial charge >= 0.3 is 5.97 Å². The first-order valence-electron chi connectivity index (χ1n) is 21.6. The molecule has 27 heteroatoms. The average Bonchev–Trinajstić information content (AvgIpc) is 3.27. The molecule has 27 nitrogen and oxygen atoms in total. The second-order valence-electron chi connectivity index (χ2n) is 16.2. The largest absolute Gasteiger partial charge is 0.508 e. The Balaban J connectivity index is 3.16. The van der Waals surface area contributed by atoms with Gasteiger partial charge in [-0.15, -0.1) is 0 Å². The molecule has 1 rings (SSSR count). The summed E-state index contributed by atoms with van der Waals surface area (Å²) >= 11 is 0. The number of amides is 9. The number of hydrogen-bond acceptors (Lipinski definition) is 15. The molecule has 0 fully saturated rings. The molecule has 0 aromatic heterocycles. The highest BCUT2D eigenvalue weighted by molar-refractivity contribution is 5.98. The fraction of sp³-hybridized carbons (Fsp3) is 0.585. The molecule has 1 aromatic rings. The molecule has 0 heterocycles. The molecule has 0 aliphatic heterocycles. The quantitative estimate of drug-likeness (QED) is 0.0194. The van der Waals surface area contributed by atoms with E-state index < -0.39 is 145 Å². The van der Waals surface area contributed by atoms with E-state index in [1.807, 2.05) is 0 Å². The van der Waals surface area contributed by atoms with Crippen LogP contribution >= 0.6 is 0 Å². The number of aliphatic hydroxyl groups excluding tert-OH is 2. The number of phenolic OH excluding ortho intramolecular Hbond substituents is 1. The number of carbonyl (C=O) groups is 10. The number of aliphatic hydroxyl groups is 2. The molecule has 0 spiro atoms. The highest BCUT2D eigenvalue weighted by Crippen LogP contribution is 2.13. The second kappa shape index (κ2) is 29.5. The summed E-state index contributed by atoms with van der Waals surface area (Å²) < 4.78 is 0. The molecule has 0 saturated carbocycles. The molecular weight excluding hydrogens is 899 g/mol. The molecule has 9 amide bonds. The van der Waals surface area contributed by atoms with Crippen LogP contribution in [0.15, 0.2) is 29.3 Å². The Morgan fingerprint density at radius 3 is 1.68 bits per heavy atom. The van der Waals surface area contributed by atoms with Crippen LogP contribution in [-0.4, -0.2) is 160 Å². The van der Waals surface area contributed by atoms with Gasteiger partial charge in [0.15, 0.2) is 5.96 Å². The molecule has 20 N–H and O–H groups in total. The third-order valence-electron chi connectivity index (χ3n) is 10.1. The second-order valence-corrected chi connectivity index (χ2v) is 16.2. The van der Waals surface area contributed by atoms with E-state index >= 15 is 0 Å². The van der Waals surface area contributed by atoms with Crippen molar-refractivity contribution in [2.24, 2.45) is 39.8 Å². The molecule has 0 saturated heterocycles. The number of hydrogen-bond donors (Lipinski definition) is 16. The van der Waals surface area contributed by atoms with Crippen LogP contribution in [0.3, 0.4) is 0 Å². The maximum Gasteiger partial charge on any atom is 0.326 e. The van der Waals surface area contributed by atoms with E-state index in [0.717, 1.165) is 6.92 Å². The summed E-state index contributed by atoms with van der Waals surface area (Å²) in [6.45, 7) is 5.46. The van der Waals surface area contributed by atoms with Gasteiger partial charge in [-0.2, -0.15) is 0 Å². The van der Waals surface area contributed by atoms with E-state index in [2.05, 4.69) is 47.5 Å². The first kappa shape index (κ1) is 58.9. The van der Waals surface area contributed by atoms with Crippen molar-refractivity contribution >= 4 is 65.1 Å². The average molecular weight is 966 g/mol. The van der Waals surface area contributed by atoms with Crippen molar-refractivity contribution in [2.45, 2.75) is 115 Å². The van der Waals surface area contributed by atoms with Gasteiger partial charge < -0.3 is 85.9 Å². The number of benzene rings is 1. The van der Waals surface area contributed by atoms with E-state index in [9.17, 15) is 63.3 Å². The van der Waals surface area contributed by atoms with Crippen molar-refractivity contribution in [1.82, 2.24) is 42.5 Å². The minimum absolute atomic E-state index is 0.0645. The molecule has 0 bridgehead atoms. The predicted molar refractivity (Wildman–Crippen MR) is 242 cm³/mol. The molecule has 0 aliphatic rings. The number of aliphatic imine (C=N–C) groups is 1. The number of nitrogens with zero attached hydrogens (tertiary/aromatic N) is 1. The molecule has 0 radical (unpaired) electrons. The minimum Gasteiger partial charge on any atom is -0.508 e. The van der Waals surface area contributed by atoms with Crippen LogP contribution < -0.4 is 65.5 Å². The maximum atomic E-state index is 13.6. The van der Waals surface area contributed by atoms with Crippen LogP contribution in [0.4, 0.5) is 0 Å². The van der Waals surface area contributed by atoms with Crippen LogP contribution in [-0.2, 0) is 54.4 Å². The summed E-state index contributed by atoms with van der Waals surface area (Å²) in [5.41, 5.74) is 21.8. The topological polar surface area (TPSA) is 464 Å². The Hall–Kier alpha value is -7.13. The van der Waals surface area contributed by atoms with Crippen molar-refractivity contribution in [2.75, 3.05) is 26.2 Å². The number of phenols is 1. The van der Waals surface area contributed by atoms with E-state index in [0.29, 0.717) is 12.0 Å². The summed E-state index contributed by atoms with van der Waals surface area (Å²) in [7, 11) is 0. The standard InChI is InChI=1S/C41H67N13O14/c1-6-20(4)32(52-29(59)16-47-34(61)24(42)18-55)38(65)51-27(15-28(43)58)36(63)54-31(19(2)3)37(64)48-17-30(60)53-33(21(5)56)39(66)50-26(14-22-9-11-23(57)12-10-22)35(62)49-25(40(67)68)8-7-13-46-41(44)45/h9-12,19-21,24-27,31-33,55-57H,6-8,13-18,42H2,1-5H3,(H2,43,58)(H,47,61)(H,48,64)(H,49,62)(H,50,66)(H,51,65)(H,52,59)(H,53,60)(H,54,63)(H,67,68)(H4,44,45,46)/t20-,21+,24-,25-,26-,27-,31-,32-,33-/m0/s1. The third-order valence-corrected chi connectivity index (χ3v) is 10.1. The zero-order valence-corrected chi connectivity index (χ0v) is 38.6. The smallest absolute Gasteiger partial charge is 0.326 e. The summed E-state index contributed by atoms with van der Waals surface area (Å²) in [4.78, 5) is 133. The summed E-state index contributed by atoms with van der Waals surface area (Å²) in [5, 5.41) is 57.8. The van der Waals surface area contributed by atoms with Crippen LogP contribution in [0.2, 0.25) is 0 Å². The van der Waals surface area contributed by atoms with Crippen molar-refractivity contribution in [3.05, 3.63) is 29.8 Å². The number of aromatic hydroxyl groups is 1. The molecule has 1 aromatic carbocycles. The monoisotopic (exact) mass is 965 g/mol. The number of primary amides is 1. The van der Waals surface area contributed by atoms with Gasteiger partial charge in [0.25, 0.3) is 0 Å². The van der Waals surface area contributed by atoms with Crippen molar-refractivity contribution in [3.63, 3.8) is 0 Å². The van der Waals surface area contributed by atoms with Gasteiger partial charge in [0, 0.05) is 13.0 Å². The van der Waals surface area contributed by atoms with Crippen molar-refractivity contribution in [3.8, 4) is 5.75 Å². The lowest BCUT2D eigenvalue weighted by Crippen LogP contribution is -2.60. The molecule has 0 unspecified atom stereocenters. The van der Waals surface area contributed by atoms with Gasteiger partial charge in [0.05, 0.1) is 32.2 Å². The lowest BCUT2D eigenvalue weighted by molar-refractivity contribution is -0.142. The van der Waals surface area contributed by atoms with Crippen LogP contribution in [0, 0.1) is 11.8 Å². The Kier molecular flexibility index (Phi) is 25.5. The van der Waals surface area contributed by atoms with Crippen molar-refractivity contribution < 1.29 is 68.4 Å².